The summed E-state index contributed by atoms with van der Waals surface area (Å²) in [4.78, 5) is 27.0. The molecule has 1 fully saturated rings. The largest absolute Gasteiger partial charge is 0.471 e. The van der Waals surface area contributed by atoms with Crippen molar-refractivity contribution in [3.05, 3.63) is 22.2 Å². The first-order valence-corrected chi connectivity index (χ1v) is 12.6. The van der Waals surface area contributed by atoms with Crippen LogP contribution in [0.5, 0.6) is 0 Å². The Morgan fingerprint density at radius 1 is 1.44 bits per heavy atom. The summed E-state index contributed by atoms with van der Waals surface area (Å²) in [6, 6.07) is 0. The maximum Gasteiger partial charge on any atom is 0.471 e. The quantitative estimate of drug-likeness (QED) is 0.341. The third-order valence-electron chi connectivity index (χ3n) is 4.92. The third kappa shape index (κ3) is 7.05. The van der Waals surface area contributed by atoms with Crippen LogP contribution < -0.4 is 16.7 Å². The van der Waals surface area contributed by atoms with Crippen LogP contribution in [-0.4, -0.2) is 74.8 Å². The van der Waals surface area contributed by atoms with Crippen molar-refractivity contribution in [3.8, 4) is 11.8 Å². The van der Waals surface area contributed by atoms with E-state index in [1.54, 1.807) is 28.8 Å². The Labute approximate surface area is 203 Å². The first-order chi connectivity index (χ1) is 15.8. The number of thioether (sulfide) groups is 2. The molecule has 34 heavy (non-hydrogen) atoms. The van der Waals surface area contributed by atoms with Gasteiger partial charge in [0.15, 0.2) is 0 Å². The van der Waals surface area contributed by atoms with E-state index in [1.807, 2.05) is 26.4 Å². The molecule has 0 aromatic carbocycles. The maximum atomic E-state index is 12.4. The van der Waals surface area contributed by atoms with Crippen molar-refractivity contribution in [2.75, 3.05) is 31.4 Å². The molecule has 0 saturated carbocycles. The van der Waals surface area contributed by atoms with Crippen LogP contribution in [0, 0.1) is 11.8 Å². The van der Waals surface area contributed by atoms with Gasteiger partial charge in [0.2, 0.25) is 0 Å². The number of carbonyl (C=O) groups excluding carboxylic acids is 1. The number of aromatic nitrogens is 2. The van der Waals surface area contributed by atoms with Crippen molar-refractivity contribution in [1.29, 1.82) is 0 Å². The van der Waals surface area contributed by atoms with Crippen LogP contribution in [-0.2, 0) is 14.3 Å². The van der Waals surface area contributed by atoms with Crippen molar-refractivity contribution >= 4 is 35.2 Å². The second kappa shape index (κ2) is 11.7. The van der Waals surface area contributed by atoms with Crippen LogP contribution >= 0.6 is 23.5 Å². The Morgan fingerprint density at radius 3 is 2.65 bits per heavy atom. The molecule has 2 rings (SSSR count). The number of nitrogens with zero attached hydrogens (tertiary/aromatic N) is 2. The van der Waals surface area contributed by atoms with E-state index < -0.39 is 48.4 Å². The minimum atomic E-state index is -5.02. The number of aliphatic hydroxyl groups excluding tert-OH is 1. The zero-order valence-corrected chi connectivity index (χ0v) is 20.6. The number of ether oxygens (including phenoxy) is 2. The molecule has 1 aromatic heterocycles. The van der Waals surface area contributed by atoms with Crippen LogP contribution in [0.2, 0.25) is 0 Å². The number of carbonyl (C=O) groups is 1. The molecule has 2 heterocycles. The summed E-state index contributed by atoms with van der Waals surface area (Å²) < 4.78 is 50.1. The van der Waals surface area contributed by atoms with E-state index in [2.05, 4.69) is 16.8 Å². The van der Waals surface area contributed by atoms with Gasteiger partial charge in [-0.2, -0.15) is 18.2 Å². The maximum absolute atomic E-state index is 12.4. The van der Waals surface area contributed by atoms with Gasteiger partial charge < -0.3 is 25.6 Å². The summed E-state index contributed by atoms with van der Waals surface area (Å²) in [6.45, 7) is 2.97. The molecule has 1 aromatic rings. The average Bonchev–Trinajstić information content (AvgIpc) is 3.13. The predicted molar refractivity (Wildman–Crippen MR) is 124 cm³/mol. The van der Waals surface area contributed by atoms with Gasteiger partial charge in [-0.15, -0.1) is 23.5 Å². The molecule has 0 unspecified atom stereocenters. The van der Waals surface area contributed by atoms with Crippen molar-refractivity contribution in [2.45, 2.75) is 55.1 Å². The minimum Gasteiger partial charge on any atom is -0.394 e. The summed E-state index contributed by atoms with van der Waals surface area (Å²) in [5, 5.41) is 11.4. The molecule has 4 N–H and O–H groups in total. The zero-order valence-electron chi connectivity index (χ0n) is 19.0. The van der Waals surface area contributed by atoms with Gasteiger partial charge in [0, 0.05) is 12.6 Å². The standard InChI is InChI=1S/C20H27F3N4O5S2/c1-19(2,17(33-3)34-4)32-12-8-14(31-13(12)10-28)27-9-11(15(24)26-18(27)30)6-5-7-25-16(29)20(21,22)23/h9,12-14,17,28H,7-8,10H2,1-4H3,(H,25,29)(H2,24,26,30)/t12-,13+,14+/m0/s1. The van der Waals surface area contributed by atoms with Gasteiger partial charge in [0.25, 0.3) is 0 Å². The van der Waals surface area contributed by atoms with Crippen molar-refractivity contribution in [1.82, 2.24) is 14.9 Å². The summed E-state index contributed by atoms with van der Waals surface area (Å²) in [5.41, 5.74) is 4.51. The Kier molecular flexibility index (Phi) is 9.72. The van der Waals surface area contributed by atoms with E-state index >= 15 is 0 Å². The molecule has 0 aliphatic carbocycles. The van der Waals surface area contributed by atoms with Gasteiger partial charge in [0.1, 0.15) is 18.1 Å². The summed E-state index contributed by atoms with van der Waals surface area (Å²) in [7, 11) is 0. The highest BCUT2D eigenvalue weighted by molar-refractivity contribution is 8.16. The number of halogens is 3. The fraction of sp³-hybridized carbons (Fsp3) is 0.650. The van der Waals surface area contributed by atoms with Gasteiger partial charge >= 0.3 is 17.8 Å². The highest BCUT2D eigenvalue weighted by Gasteiger charge is 2.42. The minimum absolute atomic E-state index is 0.0690. The number of rotatable bonds is 8. The van der Waals surface area contributed by atoms with E-state index in [4.69, 9.17) is 15.2 Å². The van der Waals surface area contributed by atoms with Crippen molar-refractivity contribution in [2.24, 2.45) is 0 Å². The number of aliphatic hydroxyl groups is 1. The smallest absolute Gasteiger partial charge is 0.394 e. The number of alkyl halides is 3. The molecule has 0 bridgehead atoms. The molecule has 1 aliphatic heterocycles. The molecular formula is C20H27F3N4O5S2. The van der Waals surface area contributed by atoms with Gasteiger partial charge in [-0.25, -0.2) is 4.79 Å². The lowest BCUT2D eigenvalue weighted by molar-refractivity contribution is -0.173. The van der Waals surface area contributed by atoms with E-state index in [1.165, 1.54) is 6.20 Å². The highest BCUT2D eigenvalue weighted by Crippen LogP contribution is 2.38. The highest BCUT2D eigenvalue weighted by atomic mass is 32.2. The molecule has 0 spiro atoms. The number of nitrogen functional groups attached to an aromatic ring is 1. The molecule has 9 nitrogen and oxygen atoms in total. The second-order valence-corrected chi connectivity index (χ2v) is 10.0. The van der Waals surface area contributed by atoms with Crippen LogP contribution in [0.4, 0.5) is 19.0 Å². The first kappa shape index (κ1) is 28.3. The van der Waals surface area contributed by atoms with Gasteiger partial charge in [0.05, 0.1) is 35.0 Å². The van der Waals surface area contributed by atoms with Crippen molar-refractivity contribution in [3.63, 3.8) is 0 Å². The number of hydrogen-bond acceptors (Lipinski definition) is 9. The average molecular weight is 525 g/mol. The van der Waals surface area contributed by atoms with E-state index in [9.17, 15) is 27.9 Å². The number of amides is 1. The fourth-order valence-corrected chi connectivity index (χ4v) is 5.43. The lowest BCUT2D eigenvalue weighted by Gasteiger charge is -2.35. The first-order valence-electron chi connectivity index (χ1n) is 10.1. The lowest BCUT2D eigenvalue weighted by Crippen LogP contribution is -2.42. The molecule has 190 valence electrons. The molecule has 1 amide bonds. The van der Waals surface area contributed by atoms with Crippen LogP contribution in [0.1, 0.15) is 32.1 Å². The Hall–Kier alpha value is -1.92. The van der Waals surface area contributed by atoms with E-state index in [0.717, 1.165) is 4.57 Å². The van der Waals surface area contributed by atoms with Crippen molar-refractivity contribution < 1.29 is 32.5 Å². The Balaban J connectivity index is 2.20. The number of hydrogen-bond donors (Lipinski definition) is 3. The molecular weight excluding hydrogens is 497 g/mol. The van der Waals surface area contributed by atoms with Gasteiger partial charge in [-0.05, 0) is 26.4 Å². The van der Waals surface area contributed by atoms with Crippen LogP contribution in [0.15, 0.2) is 11.0 Å². The van der Waals surface area contributed by atoms with Crippen LogP contribution in [0.3, 0.4) is 0 Å². The summed E-state index contributed by atoms with van der Waals surface area (Å²) in [6.07, 6.45) is -1.58. The molecule has 1 aliphatic rings. The second-order valence-electron chi connectivity index (χ2n) is 7.82. The molecule has 3 atom stereocenters. The Bertz CT molecular complexity index is 989. The van der Waals surface area contributed by atoms with Crippen LogP contribution in [0.25, 0.3) is 0 Å². The van der Waals surface area contributed by atoms with Gasteiger partial charge in [-0.3, -0.25) is 9.36 Å². The zero-order chi connectivity index (χ0) is 25.7. The molecule has 14 heteroatoms. The number of anilines is 1. The summed E-state index contributed by atoms with van der Waals surface area (Å²) in [5.74, 6) is 2.50. The topological polar surface area (TPSA) is 129 Å². The third-order valence-corrected chi connectivity index (χ3v) is 8.07. The lowest BCUT2D eigenvalue weighted by atomic mass is 10.1. The predicted octanol–water partition coefficient (Wildman–Crippen LogP) is 1.35. The SMILES string of the molecule is CSC(SC)C(C)(C)O[C@H]1C[C@H](n2cc(C#CCNC(=O)C(F)(F)F)c(N)nc2=O)O[C@@H]1CO. The number of nitrogens with one attached hydrogen (secondary N) is 1. The summed E-state index contributed by atoms with van der Waals surface area (Å²) >= 11 is 3.27. The van der Waals surface area contributed by atoms with E-state index in [0.29, 0.717) is 0 Å². The molecule has 1 saturated heterocycles. The fourth-order valence-electron chi connectivity index (χ4n) is 3.42. The van der Waals surface area contributed by atoms with Gasteiger partial charge in [-0.1, -0.05) is 11.8 Å². The number of nitrogens with two attached hydrogens (primary N) is 1. The Morgan fingerprint density at radius 2 is 2.09 bits per heavy atom. The monoisotopic (exact) mass is 524 g/mol. The normalized spacial score (nSPS) is 20.8. The van der Waals surface area contributed by atoms with E-state index in [-0.39, 0.29) is 29.0 Å². The molecule has 0 radical (unpaired) electrons.